The molecule has 3 aromatic rings. The van der Waals surface area contributed by atoms with Gasteiger partial charge in [0.2, 0.25) is 0 Å². The van der Waals surface area contributed by atoms with E-state index in [4.69, 9.17) is 0 Å². The Morgan fingerprint density at radius 1 is 0.586 bits per heavy atom. The van der Waals surface area contributed by atoms with E-state index in [1.54, 1.807) is 19.1 Å². The molecule has 0 nitrogen and oxygen atoms in total. The van der Waals surface area contributed by atoms with Gasteiger partial charge in [-0.2, -0.15) is 0 Å². The van der Waals surface area contributed by atoms with Crippen molar-refractivity contribution in [2.75, 3.05) is 0 Å². The normalized spacial score (nSPS) is 11.1. The monoisotopic (exact) mass is 404 g/mol. The predicted molar refractivity (Wildman–Crippen MR) is 103 cm³/mol. The highest BCUT2D eigenvalue weighted by molar-refractivity contribution is 5.31. The molecule has 0 heterocycles. The molecule has 3 rings (SSSR count). The average molecular weight is 404 g/mol. The molecule has 0 atom stereocenters. The van der Waals surface area contributed by atoms with Crippen LogP contribution < -0.4 is 0 Å². The summed E-state index contributed by atoms with van der Waals surface area (Å²) in [4.78, 5) is 0. The third-order valence-electron chi connectivity index (χ3n) is 5.09. The summed E-state index contributed by atoms with van der Waals surface area (Å²) in [5.74, 6) is -3.74. The van der Waals surface area contributed by atoms with Gasteiger partial charge in [0, 0.05) is 5.56 Å². The number of hydrogen-bond donors (Lipinski definition) is 0. The van der Waals surface area contributed by atoms with Crippen molar-refractivity contribution in [1.82, 2.24) is 0 Å². The molecule has 29 heavy (non-hydrogen) atoms. The zero-order chi connectivity index (χ0) is 21.1. The third kappa shape index (κ3) is 4.84. The summed E-state index contributed by atoms with van der Waals surface area (Å²) in [7, 11) is 0. The molecular formula is C24H21F5. The van der Waals surface area contributed by atoms with E-state index < -0.39 is 23.3 Å². The maximum atomic E-state index is 14.4. The Morgan fingerprint density at radius 2 is 1.21 bits per heavy atom. The highest BCUT2D eigenvalue weighted by Crippen LogP contribution is 2.22. The first-order chi connectivity index (χ1) is 13.8. The molecule has 0 radical (unpaired) electrons. The molecule has 0 aromatic heterocycles. The van der Waals surface area contributed by atoms with Crippen LogP contribution >= 0.6 is 0 Å². The summed E-state index contributed by atoms with van der Waals surface area (Å²) in [6.45, 7) is 3.23. The van der Waals surface area contributed by atoms with Crippen molar-refractivity contribution >= 4 is 0 Å². The molecule has 0 aliphatic heterocycles. The Kier molecular flexibility index (Phi) is 6.36. The van der Waals surface area contributed by atoms with Crippen LogP contribution in [0.4, 0.5) is 22.0 Å². The molecule has 0 saturated carbocycles. The standard InChI is InChI=1S/C24H21F5/c1-14-3-6-17(20(25)11-14)8-5-16-12-21(26)19(22(27)13-16)10-9-18-7-4-15(2)23(28)24(18)29/h3-4,6-7,11-13H,5,8-10H2,1-2H3. The van der Waals surface area contributed by atoms with E-state index in [-0.39, 0.29) is 41.8 Å². The molecule has 5 heteroatoms. The highest BCUT2D eigenvalue weighted by Gasteiger charge is 2.15. The van der Waals surface area contributed by atoms with Crippen LogP contribution in [-0.2, 0) is 25.7 Å². The Balaban J connectivity index is 1.71. The van der Waals surface area contributed by atoms with Gasteiger partial charge >= 0.3 is 0 Å². The lowest BCUT2D eigenvalue weighted by atomic mass is 9.98. The van der Waals surface area contributed by atoms with E-state index in [1.165, 1.54) is 37.3 Å². The second-order valence-electron chi connectivity index (χ2n) is 7.30. The van der Waals surface area contributed by atoms with Crippen LogP contribution in [-0.4, -0.2) is 0 Å². The summed E-state index contributed by atoms with van der Waals surface area (Å²) in [6, 6.07) is 10.2. The maximum Gasteiger partial charge on any atom is 0.162 e. The summed E-state index contributed by atoms with van der Waals surface area (Å²) < 4.78 is 70.4. The third-order valence-corrected chi connectivity index (χ3v) is 5.09. The van der Waals surface area contributed by atoms with Gasteiger partial charge in [-0.05, 0) is 85.5 Å². The van der Waals surface area contributed by atoms with Gasteiger partial charge in [-0.15, -0.1) is 0 Å². The van der Waals surface area contributed by atoms with Crippen LogP contribution in [0.25, 0.3) is 0 Å². The van der Waals surface area contributed by atoms with Crippen molar-refractivity contribution in [2.24, 2.45) is 0 Å². The van der Waals surface area contributed by atoms with E-state index in [1.807, 2.05) is 0 Å². The van der Waals surface area contributed by atoms with Crippen molar-refractivity contribution in [3.63, 3.8) is 0 Å². The Hall–Kier alpha value is -2.69. The molecule has 0 fully saturated rings. The second-order valence-corrected chi connectivity index (χ2v) is 7.30. The van der Waals surface area contributed by atoms with E-state index in [2.05, 4.69) is 0 Å². The zero-order valence-electron chi connectivity index (χ0n) is 16.3. The fourth-order valence-corrected chi connectivity index (χ4v) is 3.31. The van der Waals surface area contributed by atoms with Crippen molar-refractivity contribution in [3.8, 4) is 0 Å². The molecular weight excluding hydrogens is 383 g/mol. The van der Waals surface area contributed by atoms with Gasteiger partial charge in [0.25, 0.3) is 0 Å². The van der Waals surface area contributed by atoms with Crippen LogP contribution in [0.15, 0.2) is 42.5 Å². The lowest BCUT2D eigenvalue weighted by Crippen LogP contribution is -2.04. The van der Waals surface area contributed by atoms with Crippen LogP contribution in [0.3, 0.4) is 0 Å². The van der Waals surface area contributed by atoms with Gasteiger partial charge in [-0.3, -0.25) is 0 Å². The Labute approximate surface area is 167 Å². The van der Waals surface area contributed by atoms with Crippen molar-refractivity contribution in [3.05, 3.63) is 105 Å². The Morgan fingerprint density at radius 3 is 1.86 bits per heavy atom. The van der Waals surface area contributed by atoms with Crippen LogP contribution in [0.5, 0.6) is 0 Å². The first-order valence-corrected chi connectivity index (χ1v) is 9.41. The van der Waals surface area contributed by atoms with Gasteiger partial charge in [0.1, 0.15) is 17.5 Å². The lowest BCUT2D eigenvalue weighted by Gasteiger charge is -2.10. The van der Waals surface area contributed by atoms with Crippen LogP contribution in [0.1, 0.15) is 33.4 Å². The van der Waals surface area contributed by atoms with Gasteiger partial charge in [0.05, 0.1) is 0 Å². The first kappa shape index (κ1) is 21.0. The molecule has 0 unspecified atom stereocenters. The summed E-state index contributed by atoms with van der Waals surface area (Å²) in [5.41, 5.74) is 1.78. The van der Waals surface area contributed by atoms with Crippen molar-refractivity contribution in [1.29, 1.82) is 0 Å². The highest BCUT2D eigenvalue weighted by atomic mass is 19.2. The van der Waals surface area contributed by atoms with Crippen LogP contribution in [0, 0.1) is 42.9 Å². The fourth-order valence-electron chi connectivity index (χ4n) is 3.31. The van der Waals surface area contributed by atoms with Crippen LogP contribution in [0.2, 0.25) is 0 Å². The summed E-state index contributed by atoms with van der Waals surface area (Å²) in [6.07, 6.45) is 0.485. The molecule has 3 aromatic carbocycles. The summed E-state index contributed by atoms with van der Waals surface area (Å²) in [5, 5.41) is 0. The molecule has 0 saturated heterocycles. The minimum absolute atomic E-state index is 0.0230. The largest absolute Gasteiger partial charge is 0.207 e. The van der Waals surface area contributed by atoms with Crippen molar-refractivity contribution < 1.29 is 22.0 Å². The van der Waals surface area contributed by atoms with Gasteiger partial charge in [0.15, 0.2) is 11.6 Å². The van der Waals surface area contributed by atoms with E-state index in [0.29, 0.717) is 17.5 Å². The van der Waals surface area contributed by atoms with E-state index >= 15 is 0 Å². The minimum Gasteiger partial charge on any atom is -0.207 e. The number of aryl methyl sites for hydroxylation is 5. The van der Waals surface area contributed by atoms with Gasteiger partial charge < -0.3 is 0 Å². The zero-order valence-corrected chi connectivity index (χ0v) is 16.3. The molecule has 152 valence electrons. The number of halogens is 5. The molecule has 0 amide bonds. The average Bonchev–Trinajstić information content (AvgIpc) is 2.66. The minimum atomic E-state index is -0.984. The first-order valence-electron chi connectivity index (χ1n) is 9.41. The van der Waals surface area contributed by atoms with Gasteiger partial charge in [-0.1, -0.05) is 24.3 Å². The molecule has 0 spiro atoms. The topological polar surface area (TPSA) is 0 Å². The number of hydrogen-bond acceptors (Lipinski definition) is 0. The van der Waals surface area contributed by atoms with Crippen molar-refractivity contribution in [2.45, 2.75) is 39.5 Å². The molecule has 0 bridgehead atoms. The lowest BCUT2D eigenvalue weighted by molar-refractivity contribution is 0.491. The second kappa shape index (κ2) is 8.76. The fraction of sp³-hybridized carbons (Fsp3) is 0.250. The van der Waals surface area contributed by atoms with Gasteiger partial charge in [-0.25, -0.2) is 22.0 Å². The molecule has 0 aliphatic rings. The molecule has 0 aliphatic carbocycles. The Bertz CT molecular complexity index is 1020. The van der Waals surface area contributed by atoms with E-state index in [9.17, 15) is 22.0 Å². The predicted octanol–water partition coefficient (Wildman–Crippen LogP) is 6.57. The number of rotatable bonds is 6. The van der Waals surface area contributed by atoms with E-state index in [0.717, 1.165) is 5.56 Å². The number of benzene rings is 3. The smallest absolute Gasteiger partial charge is 0.162 e. The SMILES string of the molecule is Cc1ccc(CCc2cc(F)c(CCc3ccc(C)c(F)c3F)c(F)c2)c(F)c1. The summed E-state index contributed by atoms with van der Waals surface area (Å²) >= 11 is 0. The quantitative estimate of drug-likeness (QED) is 0.408. The maximum absolute atomic E-state index is 14.4. The molecule has 0 N–H and O–H groups in total.